The molecule has 2 heterocycles. The van der Waals surface area contributed by atoms with Gasteiger partial charge in [0.15, 0.2) is 0 Å². The van der Waals surface area contributed by atoms with Gasteiger partial charge in [-0.3, -0.25) is 9.69 Å². The number of rotatable bonds is 2. The third-order valence-electron chi connectivity index (χ3n) is 5.59. The molecule has 2 aliphatic heterocycles. The second-order valence-corrected chi connectivity index (χ2v) is 9.49. The van der Waals surface area contributed by atoms with E-state index < -0.39 is 5.92 Å². The fraction of sp³-hybridized carbons (Fsp3) is 0.304. The van der Waals surface area contributed by atoms with E-state index in [2.05, 4.69) is 43.9 Å². The smallest absolute Gasteiger partial charge is 0.229 e. The van der Waals surface area contributed by atoms with Gasteiger partial charge in [0, 0.05) is 28.1 Å². The zero-order valence-corrected chi connectivity index (χ0v) is 19.3. The summed E-state index contributed by atoms with van der Waals surface area (Å²) in [6, 6.07) is 11.9. The lowest BCUT2D eigenvalue weighted by molar-refractivity contribution is -0.129. The van der Waals surface area contributed by atoms with Crippen LogP contribution in [0, 0.1) is 32.1 Å². The minimum Gasteiger partial charge on any atom is -0.343 e. The SMILES string of the molecule is Cc1cc(C)c(N2CSC3=C(C#N)C(c4c(Cl)cccc4Cl)CC(=O)N3C2)c(C)c1. The fourth-order valence-corrected chi connectivity index (χ4v) is 6.27. The second-order valence-electron chi connectivity index (χ2n) is 7.75. The molecule has 7 heteroatoms. The first-order valence-corrected chi connectivity index (χ1v) is 11.4. The number of thioether (sulfide) groups is 1. The number of carbonyl (C=O) groups excluding carboxylic acids is 1. The maximum Gasteiger partial charge on any atom is 0.229 e. The summed E-state index contributed by atoms with van der Waals surface area (Å²) in [5.74, 6) is 0.222. The zero-order valence-electron chi connectivity index (χ0n) is 17.0. The minimum absolute atomic E-state index is 0.0235. The molecule has 154 valence electrons. The van der Waals surface area contributed by atoms with E-state index in [0.717, 1.165) is 5.69 Å². The highest BCUT2D eigenvalue weighted by Gasteiger charge is 2.40. The van der Waals surface area contributed by atoms with Gasteiger partial charge in [-0.2, -0.15) is 5.26 Å². The van der Waals surface area contributed by atoms with Crippen molar-refractivity contribution in [3.05, 3.63) is 73.2 Å². The maximum absolute atomic E-state index is 13.2. The number of amides is 1. The first-order valence-electron chi connectivity index (χ1n) is 9.66. The predicted molar refractivity (Wildman–Crippen MR) is 124 cm³/mol. The van der Waals surface area contributed by atoms with E-state index in [4.69, 9.17) is 23.2 Å². The Hall–Kier alpha value is -2.13. The van der Waals surface area contributed by atoms with E-state index in [-0.39, 0.29) is 12.3 Å². The van der Waals surface area contributed by atoms with E-state index in [1.165, 1.54) is 28.5 Å². The van der Waals surface area contributed by atoms with Crippen LogP contribution in [-0.2, 0) is 4.79 Å². The van der Waals surface area contributed by atoms with Gasteiger partial charge in [0.2, 0.25) is 5.91 Å². The van der Waals surface area contributed by atoms with Gasteiger partial charge in [-0.05, 0) is 49.6 Å². The Balaban J connectivity index is 1.73. The largest absolute Gasteiger partial charge is 0.343 e. The maximum atomic E-state index is 13.2. The number of nitriles is 1. The van der Waals surface area contributed by atoms with Crippen molar-refractivity contribution in [1.82, 2.24) is 4.90 Å². The molecule has 0 bridgehead atoms. The molecule has 0 N–H and O–H groups in total. The predicted octanol–water partition coefficient (Wildman–Crippen LogP) is 6.14. The average Bonchev–Trinajstić information content (AvgIpc) is 2.67. The van der Waals surface area contributed by atoms with Crippen molar-refractivity contribution < 1.29 is 4.79 Å². The Morgan fingerprint density at radius 3 is 2.37 bits per heavy atom. The number of hydrogen-bond donors (Lipinski definition) is 0. The zero-order chi connectivity index (χ0) is 21.6. The number of fused-ring (bicyclic) bond motifs is 1. The van der Waals surface area contributed by atoms with Crippen molar-refractivity contribution in [2.75, 3.05) is 17.4 Å². The van der Waals surface area contributed by atoms with E-state index >= 15 is 0 Å². The summed E-state index contributed by atoms with van der Waals surface area (Å²) >= 11 is 14.3. The van der Waals surface area contributed by atoms with Gasteiger partial charge in [0.25, 0.3) is 0 Å². The fourth-order valence-electron chi connectivity index (χ4n) is 4.47. The van der Waals surface area contributed by atoms with Gasteiger partial charge < -0.3 is 4.90 Å². The highest BCUT2D eigenvalue weighted by atomic mass is 35.5. The Labute approximate surface area is 191 Å². The first kappa shape index (κ1) is 21.1. The molecule has 0 aliphatic carbocycles. The minimum atomic E-state index is -0.420. The summed E-state index contributed by atoms with van der Waals surface area (Å²) in [6.45, 7) is 6.71. The second kappa shape index (κ2) is 8.19. The number of aryl methyl sites for hydroxylation is 3. The van der Waals surface area contributed by atoms with Crippen LogP contribution < -0.4 is 4.90 Å². The van der Waals surface area contributed by atoms with E-state index in [9.17, 15) is 10.1 Å². The van der Waals surface area contributed by atoms with Gasteiger partial charge in [0.05, 0.1) is 29.2 Å². The van der Waals surface area contributed by atoms with Crippen molar-refractivity contribution in [2.45, 2.75) is 33.1 Å². The molecular formula is C23H21Cl2N3OS. The standard InChI is InChI=1S/C23H21Cl2N3OS/c1-13-7-14(2)22(15(3)8-13)27-11-28-20(29)9-16(17(10-26)23(28)30-12-27)21-18(24)5-4-6-19(21)25/h4-8,16H,9,11-12H2,1-3H3. The molecule has 2 aromatic carbocycles. The van der Waals surface area contributed by atoms with Crippen molar-refractivity contribution in [3.8, 4) is 6.07 Å². The van der Waals surface area contributed by atoms with Crippen LogP contribution in [0.25, 0.3) is 0 Å². The van der Waals surface area contributed by atoms with Crippen molar-refractivity contribution >= 4 is 46.6 Å². The molecule has 4 nitrogen and oxygen atoms in total. The van der Waals surface area contributed by atoms with Crippen LogP contribution >= 0.6 is 35.0 Å². The number of allylic oxidation sites excluding steroid dienone is 1. The van der Waals surface area contributed by atoms with Crippen LogP contribution in [0.3, 0.4) is 0 Å². The number of halogens is 2. The van der Waals surface area contributed by atoms with E-state index in [0.29, 0.717) is 38.8 Å². The highest BCUT2D eigenvalue weighted by Crippen LogP contribution is 2.46. The van der Waals surface area contributed by atoms with Crippen LogP contribution in [-0.4, -0.2) is 23.4 Å². The molecule has 0 radical (unpaired) electrons. The lowest BCUT2D eigenvalue weighted by Gasteiger charge is -2.43. The lowest BCUT2D eigenvalue weighted by atomic mass is 9.86. The molecule has 1 amide bonds. The van der Waals surface area contributed by atoms with Crippen LogP contribution in [0.4, 0.5) is 5.69 Å². The Morgan fingerprint density at radius 1 is 1.13 bits per heavy atom. The summed E-state index contributed by atoms with van der Waals surface area (Å²) < 4.78 is 0. The molecule has 4 rings (SSSR count). The number of benzene rings is 2. The van der Waals surface area contributed by atoms with Gasteiger partial charge in [-0.15, -0.1) is 0 Å². The topological polar surface area (TPSA) is 47.3 Å². The van der Waals surface area contributed by atoms with Crippen molar-refractivity contribution in [1.29, 1.82) is 5.26 Å². The average molecular weight is 458 g/mol. The Morgan fingerprint density at radius 2 is 1.77 bits per heavy atom. The number of anilines is 1. The molecule has 1 atom stereocenters. The third kappa shape index (κ3) is 3.58. The molecule has 2 aromatic rings. The summed E-state index contributed by atoms with van der Waals surface area (Å²) in [5.41, 5.74) is 5.96. The van der Waals surface area contributed by atoms with E-state index in [1.54, 1.807) is 23.1 Å². The van der Waals surface area contributed by atoms with Crippen LogP contribution in [0.1, 0.15) is 34.6 Å². The molecule has 1 saturated heterocycles. The molecule has 1 unspecified atom stereocenters. The molecule has 0 aromatic heterocycles. The van der Waals surface area contributed by atoms with Crippen LogP contribution in [0.5, 0.6) is 0 Å². The summed E-state index contributed by atoms with van der Waals surface area (Å²) in [5, 5.41) is 11.7. The normalized spacial score (nSPS) is 19.1. The van der Waals surface area contributed by atoms with Gasteiger partial charge in [-0.25, -0.2) is 0 Å². The third-order valence-corrected chi connectivity index (χ3v) is 7.41. The number of nitrogens with zero attached hydrogens (tertiary/aromatic N) is 3. The first-order chi connectivity index (χ1) is 14.3. The Bertz CT molecular complexity index is 1080. The monoisotopic (exact) mass is 457 g/mol. The van der Waals surface area contributed by atoms with Crippen LogP contribution in [0.2, 0.25) is 10.0 Å². The van der Waals surface area contributed by atoms with Crippen LogP contribution in [0.15, 0.2) is 40.9 Å². The molecular weight excluding hydrogens is 437 g/mol. The summed E-state index contributed by atoms with van der Waals surface area (Å²) in [4.78, 5) is 17.1. The Kier molecular flexibility index (Phi) is 5.76. The van der Waals surface area contributed by atoms with Gasteiger partial charge in [-0.1, -0.05) is 58.7 Å². The quantitative estimate of drug-likeness (QED) is 0.543. The summed E-state index contributed by atoms with van der Waals surface area (Å²) in [6.07, 6.45) is 0.177. The number of carbonyl (C=O) groups is 1. The molecule has 2 aliphatic rings. The highest BCUT2D eigenvalue weighted by molar-refractivity contribution is 8.03. The van der Waals surface area contributed by atoms with Crippen molar-refractivity contribution in [2.24, 2.45) is 0 Å². The molecule has 30 heavy (non-hydrogen) atoms. The van der Waals surface area contributed by atoms with Gasteiger partial charge >= 0.3 is 0 Å². The number of hydrogen-bond acceptors (Lipinski definition) is 4. The summed E-state index contributed by atoms with van der Waals surface area (Å²) in [7, 11) is 0. The van der Waals surface area contributed by atoms with Crippen molar-refractivity contribution in [3.63, 3.8) is 0 Å². The van der Waals surface area contributed by atoms with E-state index in [1.807, 2.05) is 0 Å². The molecule has 0 spiro atoms. The lowest BCUT2D eigenvalue weighted by Crippen LogP contribution is -2.47. The molecule has 1 fully saturated rings. The molecule has 0 saturated carbocycles. The van der Waals surface area contributed by atoms with Gasteiger partial charge in [0.1, 0.15) is 0 Å².